The molecular formula is C11H20NP. The molecule has 0 aliphatic heterocycles. The second kappa shape index (κ2) is 6.91. The van der Waals surface area contributed by atoms with E-state index in [9.17, 15) is 0 Å². The zero-order valence-electron chi connectivity index (χ0n) is 9.75. The molecule has 0 spiro atoms. The number of anilines is 1. The number of benzene rings is 1. The summed E-state index contributed by atoms with van der Waals surface area (Å²) in [6.45, 7) is 2.56. The summed E-state index contributed by atoms with van der Waals surface area (Å²) >= 11 is 0. The summed E-state index contributed by atoms with van der Waals surface area (Å²) in [5.74, 6) is 0. The van der Waals surface area contributed by atoms with E-state index in [0.717, 1.165) is 6.42 Å². The van der Waals surface area contributed by atoms with Crippen LogP contribution < -0.4 is 10.2 Å². The second-order valence-corrected chi connectivity index (χ2v) is 3.58. The number of rotatable bonds is 1. The minimum Gasteiger partial charge on any atom is -0.377 e. The van der Waals surface area contributed by atoms with Gasteiger partial charge >= 0.3 is 0 Å². The minimum atomic E-state index is 0.569. The van der Waals surface area contributed by atoms with Gasteiger partial charge in [0.2, 0.25) is 0 Å². The van der Waals surface area contributed by atoms with E-state index in [0.29, 0.717) is 6.90 Å². The molecule has 0 N–H and O–H groups in total. The molecule has 1 unspecified atom stereocenters. The van der Waals surface area contributed by atoms with Crippen LogP contribution in [-0.2, 0) is 0 Å². The first-order chi connectivity index (χ1) is 6.63. The van der Waals surface area contributed by atoms with Crippen LogP contribution in [0.4, 0.5) is 5.69 Å². The Morgan fingerprint density at radius 2 is 1.92 bits per heavy atom. The molecular weight excluding hydrogens is 177 g/mol. The number of nitrogens with zero attached hydrogens (tertiary/aromatic N) is 1. The molecule has 0 fully saturated rings. The lowest BCUT2D eigenvalue weighted by molar-refractivity contribution is 1.09. The van der Waals surface area contributed by atoms with Gasteiger partial charge in [0.05, 0.1) is 0 Å². The molecule has 0 saturated heterocycles. The minimum absolute atomic E-state index is 0.569. The molecule has 0 radical (unpaired) electrons. The second-order valence-electron chi connectivity index (χ2n) is 2.95. The molecule has 1 nitrogen and oxygen atoms in total. The molecule has 0 aliphatic carbocycles. The summed E-state index contributed by atoms with van der Waals surface area (Å²) in [6.07, 6.45) is 0.986. The van der Waals surface area contributed by atoms with Crippen molar-refractivity contribution >= 4 is 20.2 Å². The molecule has 0 bridgehead atoms. The van der Waals surface area contributed by atoms with E-state index in [2.05, 4.69) is 26.3 Å². The fraction of sp³-hybridized carbons (Fsp3) is 0.455. The maximum atomic E-state index is 6.45. The molecule has 2 heteroatoms. The van der Waals surface area contributed by atoms with Crippen LogP contribution in [0.15, 0.2) is 24.3 Å². The summed E-state index contributed by atoms with van der Waals surface area (Å²) in [7, 11) is 6.80. The highest BCUT2D eigenvalue weighted by atomic mass is 31.0. The molecule has 1 aromatic carbocycles. The lowest BCUT2D eigenvalue weighted by Crippen LogP contribution is -2.14. The van der Waals surface area contributed by atoms with Gasteiger partial charge in [-0.3, -0.25) is 0 Å². The summed E-state index contributed by atoms with van der Waals surface area (Å²) in [4.78, 5) is 2.10. The third-order valence-electron chi connectivity index (χ3n) is 1.42. The highest BCUT2D eigenvalue weighted by Gasteiger charge is 1.95. The first-order valence-corrected chi connectivity index (χ1v) is 5.02. The normalized spacial score (nSPS) is 9.69. The van der Waals surface area contributed by atoms with E-state index in [4.69, 9.17) is 1.37 Å². The van der Waals surface area contributed by atoms with Crippen LogP contribution in [0.3, 0.4) is 0 Å². The van der Waals surface area contributed by atoms with Gasteiger partial charge in [0.15, 0.2) is 0 Å². The van der Waals surface area contributed by atoms with Crippen molar-refractivity contribution in [3.63, 3.8) is 0 Å². The Hall–Kier alpha value is -0.550. The van der Waals surface area contributed by atoms with Crippen LogP contribution in [-0.4, -0.2) is 14.1 Å². The van der Waals surface area contributed by atoms with E-state index in [-0.39, 0.29) is 0 Å². The summed E-state index contributed by atoms with van der Waals surface area (Å²) in [5, 5.41) is 1.24. The van der Waals surface area contributed by atoms with Gasteiger partial charge in [-0.15, -0.1) is 9.24 Å². The van der Waals surface area contributed by atoms with Crippen molar-refractivity contribution in [2.75, 3.05) is 19.0 Å². The maximum Gasteiger partial charge on any atom is 0.0433 e. The fourth-order valence-corrected chi connectivity index (χ4v) is 1.36. The van der Waals surface area contributed by atoms with Gasteiger partial charge in [-0.25, -0.2) is 0 Å². The maximum absolute atomic E-state index is 6.45. The molecule has 0 amide bonds. The Balaban J connectivity index is 0.000000364. The van der Waals surface area contributed by atoms with Crippen LogP contribution >= 0.6 is 9.24 Å². The lowest BCUT2D eigenvalue weighted by Gasteiger charge is -2.14. The summed E-state index contributed by atoms with van der Waals surface area (Å²) in [6, 6.07) is 8.26. The van der Waals surface area contributed by atoms with E-state index < -0.39 is 0 Å². The molecule has 0 saturated carbocycles. The van der Waals surface area contributed by atoms with E-state index in [1.165, 1.54) is 11.0 Å². The molecule has 13 heavy (non-hydrogen) atoms. The Morgan fingerprint density at radius 1 is 1.38 bits per heavy atom. The fourth-order valence-electron chi connectivity index (χ4n) is 0.895. The SMILES string of the molecule is CN(C)c1ccccc1P.[2H]CCC. The molecule has 0 heterocycles. The highest BCUT2D eigenvalue weighted by molar-refractivity contribution is 7.28. The average Bonchev–Trinajstić information content (AvgIpc) is 2.18. The van der Waals surface area contributed by atoms with Crippen molar-refractivity contribution in [3.05, 3.63) is 24.3 Å². The monoisotopic (exact) mass is 198 g/mol. The molecule has 1 atom stereocenters. The summed E-state index contributed by atoms with van der Waals surface area (Å²) in [5.41, 5.74) is 1.26. The van der Waals surface area contributed by atoms with Gasteiger partial charge in [-0.2, -0.15) is 0 Å². The van der Waals surface area contributed by atoms with Gasteiger partial charge in [-0.05, 0) is 11.4 Å². The molecule has 1 aromatic rings. The lowest BCUT2D eigenvalue weighted by atomic mass is 10.3. The highest BCUT2D eigenvalue weighted by Crippen LogP contribution is 2.09. The molecule has 0 aromatic heterocycles. The van der Waals surface area contributed by atoms with Crippen LogP contribution in [0.25, 0.3) is 0 Å². The zero-order chi connectivity index (χ0) is 11.0. The van der Waals surface area contributed by atoms with Crippen LogP contribution in [0.2, 0.25) is 0 Å². The largest absolute Gasteiger partial charge is 0.377 e. The predicted molar refractivity (Wildman–Crippen MR) is 66.1 cm³/mol. The van der Waals surface area contributed by atoms with Crippen molar-refractivity contribution < 1.29 is 1.37 Å². The Labute approximate surface area is 85.8 Å². The van der Waals surface area contributed by atoms with Crippen molar-refractivity contribution in [3.8, 4) is 0 Å². The van der Waals surface area contributed by atoms with E-state index >= 15 is 0 Å². The molecule has 74 valence electrons. The van der Waals surface area contributed by atoms with Crippen molar-refractivity contribution in [1.82, 2.24) is 0 Å². The van der Waals surface area contributed by atoms with Crippen molar-refractivity contribution in [2.45, 2.75) is 20.2 Å². The number of para-hydroxylation sites is 1. The number of hydrogen-bond donors (Lipinski definition) is 0. The Kier molecular flexibility index (Phi) is 5.60. The quantitative estimate of drug-likeness (QED) is 0.627. The molecule has 0 aliphatic rings. The van der Waals surface area contributed by atoms with Crippen LogP contribution in [0, 0.1) is 0 Å². The standard InChI is InChI=1S/C8H12NP.C3H8/c1-9(2)7-5-3-4-6-8(7)10;1-3-2/h3-6H,10H2,1-2H3;3H2,1-2H3/i;1D. The first kappa shape index (κ1) is 10.5. The average molecular weight is 198 g/mol. The number of hydrogen-bond acceptors (Lipinski definition) is 1. The first-order valence-electron chi connectivity index (χ1n) is 5.15. The van der Waals surface area contributed by atoms with Crippen molar-refractivity contribution in [1.29, 1.82) is 0 Å². The predicted octanol–water partition coefficient (Wildman–Crippen LogP) is 2.67. The van der Waals surface area contributed by atoms with Gasteiger partial charge in [0, 0.05) is 21.2 Å². The van der Waals surface area contributed by atoms with Gasteiger partial charge in [0.1, 0.15) is 0 Å². The van der Waals surface area contributed by atoms with Gasteiger partial charge in [0.25, 0.3) is 0 Å². The van der Waals surface area contributed by atoms with E-state index in [1.807, 2.05) is 33.2 Å². The third kappa shape index (κ3) is 4.90. The van der Waals surface area contributed by atoms with Gasteiger partial charge < -0.3 is 4.90 Å². The van der Waals surface area contributed by atoms with Gasteiger partial charge in [-0.1, -0.05) is 38.4 Å². The summed E-state index contributed by atoms with van der Waals surface area (Å²) < 4.78 is 6.45. The third-order valence-corrected chi connectivity index (χ3v) is 1.91. The van der Waals surface area contributed by atoms with Crippen LogP contribution in [0.5, 0.6) is 0 Å². The van der Waals surface area contributed by atoms with Crippen LogP contribution in [0.1, 0.15) is 21.6 Å². The van der Waals surface area contributed by atoms with Crippen molar-refractivity contribution in [2.24, 2.45) is 0 Å². The molecule has 1 rings (SSSR count). The van der Waals surface area contributed by atoms with E-state index in [1.54, 1.807) is 0 Å². The smallest absolute Gasteiger partial charge is 0.0433 e. The zero-order valence-corrected chi connectivity index (χ0v) is 9.90. The Morgan fingerprint density at radius 3 is 2.23 bits per heavy atom. The topological polar surface area (TPSA) is 3.24 Å². The Bertz CT molecular complexity index is 249.